The van der Waals surface area contributed by atoms with E-state index < -0.39 is 0 Å². The van der Waals surface area contributed by atoms with Crippen molar-refractivity contribution in [3.63, 3.8) is 0 Å². The lowest BCUT2D eigenvalue weighted by Gasteiger charge is -2.17. The number of hydrogen-bond acceptors (Lipinski definition) is 4. The maximum atomic E-state index is 12.2. The topological polar surface area (TPSA) is 46.8 Å². The third-order valence-corrected chi connectivity index (χ3v) is 4.08. The van der Waals surface area contributed by atoms with Gasteiger partial charge in [-0.3, -0.25) is 14.1 Å². The largest absolute Gasteiger partial charge is 0.490 e. The van der Waals surface area contributed by atoms with Crippen LogP contribution >= 0.6 is 11.6 Å². The number of ether oxygens (including phenoxy) is 1. The van der Waals surface area contributed by atoms with Gasteiger partial charge < -0.3 is 4.74 Å². The molecule has 0 unspecified atom stereocenters. The summed E-state index contributed by atoms with van der Waals surface area (Å²) in [5.74, 6) is 0.819. The number of benzene rings is 1. The smallest absolute Gasteiger partial charge is 0.258 e. The fourth-order valence-electron chi connectivity index (χ4n) is 2.70. The summed E-state index contributed by atoms with van der Waals surface area (Å²) in [6.45, 7) is 5.44. The molecule has 0 aliphatic carbocycles. The SMILES string of the molecule is C=CCOc1ccc(CN(C)Cc2cc(=O)n3cc(Cl)ccc3n2)cc1. The Morgan fingerprint density at radius 2 is 2.00 bits per heavy atom. The lowest BCUT2D eigenvalue weighted by Crippen LogP contribution is -2.21. The molecule has 0 atom stereocenters. The number of fused-ring (bicyclic) bond motifs is 1. The Hall–Kier alpha value is -2.63. The number of aromatic nitrogens is 2. The van der Waals surface area contributed by atoms with Crippen molar-refractivity contribution in [3.8, 4) is 5.75 Å². The van der Waals surface area contributed by atoms with Crippen molar-refractivity contribution in [1.82, 2.24) is 14.3 Å². The zero-order chi connectivity index (χ0) is 18.5. The van der Waals surface area contributed by atoms with E-state index in [1.165, 1.54) is 4.40 Å². The maximum Gasteiger partial charge on any atom is 0.258 e. The second kappa shape index (κ2) is 8.17. The highest BCUT2D eigenvalue weighted by Crippen LogP contribution is 2.14. The Kier molecular flexibility index (Phi) is 5.71. The minimum Gasteiger partial charge on any atom is -0.490 e. The predicted octanol–water partition coefficient (Wildman–Crippen LogP) is 3.54. The molecule has 0 fully saturated rings. The normalized spacial score (nSPS) is 11.0. The maximum absolute atomic E-state index is 12.2. The van der Waals surface area contributed by atoms with Crippen LogP contribution in [0.25, 0.3) is 5.65 Å². The molecule has 0 radical (unpaired) electrons. The van der Waals surface area contributed by atoms with Crippen LogP contribution < -0.4 is 10.3 Å². The molecule has 5 nitrogen and oxygen atoms in total. The Bertz CT molecular complexity index is 967. The summed E-state index contributed by atoms with van der Waals surface area (Å²) in [5, 5.41) is 0.506. The zero-order valence-electron chi connectivity index (χ0n) is 14.6. The van der Waals surface area contributed by atoms with Crippen LogP contribution in [0.2, 0.25) is 5.02 Å². The van der Waals surface area contributed by atoms with Gasteiger partial charge in [0.15, 0.2) is 0 Å². The highest BCUT2D eigenvalue weighted by Gasteiger charge is 2.07. The molecular formula is C20H20ClN3O2. The van der Waals surface area contributed by atoms with Gasteiger partial charge in [-0.05, 0) is 36.9 Å². The van der Waals surface area contributed by atoms with E-state index in [9.17, 15) is 4.79 Å². The molecule has 0 saturated carbocycles. The minimum absolute atomic E-state index is 0.135. The van der Waals surface area contributed by atoms with Crippen molar-refractivity contribution in [2.75, 3.05) is 13.7 Å². The molecule has 0 saturated heterocycles. The van der Waals surface area contributed by atoms with Gasteiger partial charge in [0, 0.05) is 25.4 Å². The lowest BCUT2D eigenvalue weighted by atomic mass is 10.2. The summed E-state index contributed by atoms with van der Waals surface area (Å²) >= 11 is 5.93. The average molecular weight is 370 g/mol. The molecule has 3 rings (SSSR count). The molecule has 0 spiro atoms. The predicted molar refractivity (Wildman–Crippen MR) is 104 cm³/mol. The van der Waals surface area contributed by atoms with E-state index in [1.54, 1.807) is 30.5 Å². The summed E-state index contributed by atoms with van der Waals surface area (Å²) < 4.78 is 6.94. The molecule has 26 heavy (non-hydrogen) atoms. The van der Waals surface area contributed by atoms with Crippen molar-refractivity contribution >= 4 is 17.2 Å². The first-order valence-corrected chi connectivity index (χ1v) is 8.62. The van der Waals surface area contributed by atoms with E-state index in [0.717, 1.165) is 23.6 Å². The van der Waals surface area contributed by atoms with Crippen LogP contribution in [0, 0.1) is 0 Å². The molecule has 1 aromatic carbocycles. The third-order valence-electron chi connectivity index (χ3n) is 3.85. The van der Waals surface area contributed by atoms with Crippen LogP contribution in [-0.2, 0) is 13.1 Å². The first-order chi connectivity index (χ1) is 12.5. The number of rotatable bonds is 7. The first-order valence-electron chi connectivity index (χ1n) is 8.24. The van der Waals surface area contributed by atoms with Crippen LogP contribution in [0.15, 0.2) is 66.1 Å². The van der Waals surface area contributed by atoms with Gasteiger partial charge in [0.05, 0.1) is 10.7 Å². The molecule has 2 aromatic heterocycles. The van der Waals surface area contributed by atoms with Gasteiger partial charge in [0.25, 0.3) is 5.56 Å². The monoisotopic (exact) mass is 369 g/mol. The fraction of sp³-hybridized carbons (Fsp3) is 0.200. The molecule has 0 N–H and O–H groups in total. The standard InChI is InChI=1S/C20H20ClN3O2/c1-3-10-26-18-7-4-15(5-8-18)12-23(2)14-17-11-20(25)24-13-16(21)6-9-19(24)22-17/h3-9,11,13H,1,10,12,14H2,2H3. The Morgan fingerprint density at radius 1 is 1.23 bits per heavy atom. The Morgan fingerprint density at radius 3 is 2.73 bits per heavy atom. The molecular weight excluding hydrogens is 350 g/mol. The lowest BCUT2D eigenvalue weighted by molar-refractivity contribution is 0.314. The quantitative estimate of drug-likeness (QED) is 0.597. The van der Waals surface area contributed by atoms with Gasteiger partial charge in [-0.25, -0.2) is 4.98 Å². The van der Waals surface area contributed by atoms with Gasteiger partial charge in [0.1, 0.15) is 18.0 Å². The Balaban J connectivity index is 1.68. The molecule has 0 bridgehead atoms. The molecule has 2 heterocycles. The summed E-state index contributed by atoms with van der Waals surface area (Å²) in [5.41, 5.74) is 2.34. The highest BCUT2D eigenvalue weighted by molar-refractivity contribution is 6.30. The van der Waals surface area contributed by atoms with E-state index in [4.69, 9.17) is 16.3 Å². The zero-order valence-corrected chi connectivity index (χ0v) is 15.3. The van der Waals surface area contributed by atoms with Crippen LogP contribution in [0.3, 0.4) is 0 Å². The number of pyridine rings is 1. The van der Waals surface area contributed by atoms with E-state index in [0.29, 0.717) is 23.8 Å². The second-order valence-corrected chi connectivity index (χ2v) is 6.51. The summed E-state index contributed by atoms with van der Waals surface area (Å²) in [7, 11) is 1.99. The summed E-state index contributed by atoms with van der Waals surface area (Å²) in [6, 6.07) is 13.0. The molecule has 0 aliphatic rings. The van der Waals surface area contributed by atoms with Crippen molar-refractivity contribution in [2.45, 2.75) is 13.1 Å². The van der Waals surface area contributed by atoms with Crippen LogP contribution in [0.4, 0.5) is 0 Å². The molecule has 0 amide bonds. The fourth-order valence-corrected chi connectivity index (χ4v) is 2.86. The molecule has 0 aliphatic heterocycles. The highest BCUT2D eigenvalue weighted by atomic mass is 35.5. The van der Waals surface area contributed by atoms with Gasteiger partial charge in [-0.15, -0.1) is 0 Å². The van der Waals surface area contributed by atoms with Crippen LogP contribution in [-0.4, -0.2) is 27.9 Å². The number of hydrogen-bond donors (Lipinski definition) is 0. The van der Waals surface area contributed by atoms with E-state index in [1.807, 2.05) is 31.3 Å². The van der Waals surface area contributed by atoms with E-state index in [-0.39, 0.29) is 5.56 Å². The number of halogens is 1. The van der Waals surface area contributed by atoms with Crippen molar-refractivity contribution < 1.29 is 4.74 Å². The molecule has 6 heteroatoms. The summed E-state index contributed by atoms with van der Waals surface area (Å²) in [4.78, 5) is 18.9. The van der Waals surface area contributed by atoms with Crippen LogP contribution in [0.5, 0.6) is 5.75 Å². The molecule has 134 valence electrons. The summed E-state index contributed by atoms with van der Waals surface area (Å²) in [6.07, 6.45) is 3.30. The van der Waals surface area contributed by atoms with Gasteiger partial charge in [0.2, 0.25) is 0 Å². The Labute approximate surface area is 157 Å². The van der Waals surface area contributed by atoms with Gasteiger partial charge >= 0.3 is 0 Å². The van der Waals surface area contributed by atoms with E-state index in [2.05, 4.69) is 16.5 Å². The minimum atomic E-state index is -0.135. The number of nitrogens with zero attached hydrogens (tertiary/aromatic N) is 3. The van der Waals surface area contributed by atoms with Crippen molar-refractivity contribution in [3.05, 3.63) is 88.0 Å². The van der Waals surface area contributed by atoms with Gasteiger partial charge in [-0.2, -0.15) is 0 Å². The second-order valence-electron chi connectivity index (χ2n) is 6.08. The van der Waals surface area contributed by atoms with E-state index >= 15 is 0 Å². The average Bonchev–Trinajstić information content (AvgIpc) is 2.62. The first kappa shape index (κ1) is 18.2. The molecule has 3 aromatic rings. The van der Waals surface area contributed by atoms with Crippen molar-refractivity contribution in [2.24, 2.45) is 0 Å². The third kappa shape index (κ3) is 4.50. The van der Waals surface area contributed by atoms with Gasteiger partial charge in [-0.1, -0.05) is 36.4 Å². The van der Waals surface area contributed by atoms with Crippen LogP contribution in [0.1, 0.15) is 11.3 Å². The van der Waals surface area contributed by atoms with Crippen molar-refractivity contribution in [1.29, 1.82) is 0 Å².